The van der Waals surface area contributed by atoms with Crippen molar-refractivity contribution >= 4 is 22.9 Å². The van der Waals surface area contributed by atoms with Crippen LogP contribution >= 0.6 is 0 Å². The highest BCUT2D eigenvalue weighted by molar-refractivity contribution is 5.68. The van der Waals surface area contributed by atoms with Crippen LogP contribution in [-0.2, 0) is 0 Å². The van der Waals surface area contributed by atoms with Gasteiger partial charge in [-0.25, -0.2) is 15.0 Å². The Morgan fingerprint density at radius 1 is 1.41 bits per heavy atom. The first-order valence-corrected chi connectivity index (χ1v) is 9.04. The van der Waals surface area contributed by atoms with Gasteiger partial charge in [0.25, 0.3) is 0 Å². The fraction of sp³-hybridized carbons (Fsp3) is 0.316. The standard InChI is InChI=1S/C19H25N8/c1-4-15(13-5-6-17-23-7-8-27(17)12-13)25-19-18(20)24-11-16(26-19)14(9-21-2)10-22-3/h5-9,11-12,15,22H,4,10H2,1-3H3,(H2,20,24)(H,25,26)/q-1/p+1. The van der Waals surface area contributed by atoms with Gasteiger partial charge in [-0.05, 0) is 18.1 Å². The molecule has 0 aromatic carbocycles. The predicted molar refractivity (Wildman–Crippen MR) is 108 cm³/mol. The molecule has 0 aliphatic heterocycles. The Morgan fingerprint density at radius 3 is 3.00 bits per heavy atom. The van der Waals surface area contributed by atoms with E-state index in [1.165, 1.54) is 0 Å². The Kier molecular flexibility index (Phi) is 5.87. The smallest absolute Gasteiger partial charge is 0.170 e. The lowest BCUT2D eigenvalue weighted by Gasteiger charge is -2.20. The third-order valence-corrected chi connectivity index (χ3v) is 4.37. The maximum absolute atomic E-state index is 6.09. The zero-order chi connectivity index (χ0) is 19.2. The number of nitrogens with zero attached hydrogens (tertiary/aromatic N) is 5. The second-order valence-electron chi connectivity index (χ2n) is 6.27. The van der Waals surface area contributed by atoms with Gasteiger partial charge >= 0.3 is 0 Å². The number of aromatic nitrogens is 4. The highest BCUT2D eigenvalue weighted by Crippen LogP contribution is 2.25. The second-order valence-corrected chi connectivity index (χ2v) is 6.27. The summed E-state index contributed by atoms with van der Waals surface area (Å²) in [6.45, 7) is 2.89. The minimum Gasteiger partial charge on any atom is -0.693 e. The molecule has 3 aromatic rings. The molecule has 27 heavy (non-hydrogen) atoms. The zero-order valence-corrected chi connectivity index (χ0v) is 15.9. The lowest BCUT2D eigenvalue weighted by Crippen LogP contribution is -2.79. The van der Waals surface area contributed by atoms with Crippen LogP contribution in [0.25, 0.3) is 16.5 Å². The van der Waals surface area contributed by atoms with E-state index in [2.05, 4.69) is 45.1 Å². The van der Waals surface area contributed by atoms with Gasteiger partial charge < -0.3 is 26.1 Å². The van der Waals surface area contributed by atoms with E-state index in [1.54, 1.807) is 19.4 Å². The van der Waals surface area contributed by atoms with E-state index in [9.17, 15) is 0 Å². The molecule has 3 rings (SSSR count). The first kappa shape index (κ1) is 18.7. The average Bonchev–Trinajstić information content (AvgIpc) is 3.15. The second kappa shape index (κ2) is 8.50. The van der Waals surface area contributed by atoms with Crippen molar-refractivity contribution in [2.75, 3.05) is 31.7 Å². The first-order valence-electron chi connectivity index (χ1n) is 9.04. The Hall–Kier alpha value is -3.13. The van der Waals surface area contributed by atoms with Crippen molar-refractivity contribution in [3.63, 3.8) is 0 Å². The molecule has 0 saturated heterocycles. The average molecular weight is 366 g/mol. The summed E-state index contributed by atoms with van der Waals surface area (Å²) in [5.41, 5.74) is 9.92. The Labute approximate surface area is 158 Å². The topological polar surface area (TPSA) is 112 Å². The Balaban J connectivity index is 1.90. The van der Waals surface area contributed by atoms with Gasteiger partial charge in [0.1, 0.15) is 12.2 Å². The summed E-state index contributed by atoms with van der Waals surface area (Å²) in [5, 5.41) is 9.64. The number of likely N-dealkylation sites (N-methyl/N-ethyl adjacent to an activating group) is 1. The van der Waals surface area contributed by atoms with Gasteiger partial charge in [0.2, 0.25) is 0 Å². The van der Waals surface area contributed by atoms with E-state index in [0.29, 0.717) is 11.6 Å². The molecular weight excluding hydrogens is 340 g/mol. The third-order valence-electron chi connectivity index (χ3n) is 4.37. The molecule has 1 atom stereocenters. The third kappa shape index (κ3) is 4.17. The largest absolute Gasteiger partial charge is 0.693 e. The molecule has 0 amide bonds. The number of fused-ring (bicyclic) bond motifs is 1. The van der Waals surface area contributed by atoms with Gasteiger partial charge in [0, 0.05) is 24.2 Å². The molecule has 0 radical (unpaired) electrons. The van der Waals surface area contributed by atoms with Gasteiger partial charge in [-0.15, -0.1) is 7.05 Å². The normalized spacial score (nSPS) is 12.9. The summed E-state index contributed by atoms with van der Waals surface area (Å²) in [7, 11) is 3.76. The minimum absolute atomic E-state index is 0.0599. The molecule has 0 saturated carbocycles. The molecule has 0 aliphatic rings. The molecular formula is C19H26N8. The molecule has 3 heterocycles. The predicted octanol–water partition coefficient (Wildman–Crippen LogP) is 1.81. The maximum atomic E-state index is 6.09. The van der Waals surface area contributed by atoms with Gasteiger partial charge in [-0.1, -0.05) is 13.0 Å². The number of pyridine rings is 1. The number of imidazole rings is 1. The van der Waals surface area contributed by atoms with E-state index >= 15 is 0 Å². The van der Waals surface area contributed by atoms with Crippen LogP contribution in [0.15, 0.2) is 43.1 Å². The first-order chi connectivity index (χ1) is 13.2. The summed E-state index contributed by atoms with van der Waals surface area (Å²) in [4.78, 5) is 13.3. The van der Waals surface area contributed by atoms with E-state index in [1.807, 2.05) is 29.9 Å². The summed E-state index contributed by atoms with van der Waals surface area (Å²) < 4.78 is 2.01. The molecule has 0 aliphatic carbocycles. The van der Waals surface area contributed by atoms with E-state index in [0.717, 1.165) is 35.4 Å². The van der Waals surface area contributed by atoms with Gasteiger partial charge in [0.05, 0.1) is 25.0 Å². The van der Waals surface area contributed by atoms with Gasteiger partial charge in [0.15, 0.2) is 11.6 Å². The quantitative estimate of drug-likeness (QED) is 0.563. The van der Waals surface area contributed by atoms with Crippen LogP contribution < -0.4 is 16.4 Å². The molecule has 0 bridgehead atoms. The van der Waals surface area contributed by atoms with Crippen LogP contribution in [0.5, 0.6) is 0 Å². The Morgan fingerprint density at radius 2 is 2.26 bits per heavy atom. The van der Waals surface area contributed by atoms with Crippen molar-refractivity contribution in [1.29, 1.82) is 0 Å². The van der Waals surface area contributed by atoms with E-state index < -0.39 is 0 Å². The lowest BCUT2D eigenvalue weighted by atomic mass is 10.1. The van der Waals surface area contributed by atoms with Crippen molar-refractivity contribution < 1.29 is 5.32 Å². The van der Waals surface area contributed by atoms with Crippen molar-refractivity contribution in [3.05, 3.63) is 59.7 Å². The van der Waals surface area contributed by atoms with Crippen LogP contribution in [-0.4, -0.2) is 40.0 Å². The van der Waals surface area contributed by atoms with E-state index in [4.69, 9.17) is 10.7 Å². The van der Waals surface area contributed by atoms with Crippen molar-refractivity contribution in [3.8, 4) is 0 Å². The van der Waals surface area contributed by atoms with Gasteiger partial charge in [-0.3, -0.25) is 0 Å². The number of nitrogens with one attached hydrogen (secondary N) is 1. The zero-order valence-electron chi connectivity index (χ0n) is 15.9. The molecule has 8 nitrogen and oxygen atoms in total. The summed E-state index contributed by atoms with van der Waals surface area (Å²) in [6, 6.07) is 4.14. The van der Waals surface area contributed by atoms with Crippen LogP contribution in [0.3, 0.4) is 0 Å². The number of hydrogen-bond donors (Lipinski definition) is 3. The summed E-state index contributed by atoms with van der Waals surface area (Å²) in [6.07, 6.45) is 10.2. The minimum atomic E-state index is 0.0599. The molecule has 3 aromatic heterocycles. The monoisotopic (exact) mass is 366 g/mol. The molecule has 5 N–H and O–H groups in total. The Bertz CT molecular complexity index is 930. The number of rotatable bonds is 8. The molecule has 0 fully saturated rings. The van der Waals surface area contributed by atoms with Crippen molar-refractivity contribution in [2.45, 2.75) is 19.4 Å². The van der Waals surface area contributed by atoms with Crippen molar-refractivity contribution in [1.82, 2.24) is 19.4 Å². The maximum Gasteiger partial charge on any atom is 0.170 e. The van der Waals surface area contributed by atoms with Crippen LogP contribution in [0.4, 0.5) is 11.6 Å². The van der Waals surface area contributed by atoms with Gasteiger partial charge in [-0.2, -0.15) is 6.20 Å². The van der Waals surface area contributed by atoms with Crippen LogP contribution in [0, 0.1) is 0 Å². The molecule has 8 heteroatoms. The number of hydrogen-bond acceptors (Lipinski definition) is 5. The number of quaternary nitrogens is 1. The highest BCUT2D eigenvalue weighted by atomic mass is 15.1. The molecule has 0 spiro atoms. The summed E-state index contributed by atoms with van der Waals surface area (Å²) in [5.74, 6) is 0.970. The molecule has 1 unspecified atom stereocenters. The van der Waals surface area contributed by atoms with E-state index in [-0.39, 0.29) is 6.04 Å². The number of nitrogens with two attached hydrogens (primary N) is 2. The number of nitrogen functional groups attached to an aromatic ring is 1. The number of anilines is 2. The van der Waals surface area contributed by atoms with Crippen molar-refractivity contribution in [2.24, 2.45) is 0 Å². The van der Waals surface area contributed by atoms with Crippen LogP contribution in [0.2, 0.25) is 0 Å². The fourth-order valence-corrected chi connectivity index (χ4v) is 2.99. The molecule has 142 valence electrons. The summed E-state index contributed by atoms with van der Waals surface area (Å²) >= 11 is 0. The SMILES string of the molecule is CCC(Nc1nc(C(=C[N-]C)C[NH2+]C)cnc1N)c1ccc2nccn2c1. The fourth-order valence-electron chi connectivity index (χ4n) is 2.99. The highest BCUT2D eigenvalue weighted by Gasteiger charge is 2.15. The van der Waals surface area contributed by atoms with Crippen LogP contribution in [0.1, 0.15) is 30.6 Å². The lowest BCUT2D eigenvalue weighted by molar-refractivity contribution is -0.615.